The van der Waals surface area contributed by atoms with Gasteiger partial charge >= 0.3 is 0 Å². The van der Waals surface area contributed by atoms with Crippen LogP contribution in [-0.4, -0.2) is 56.8 Å². The van der Waals surface area contributed by atoms with E-state index in [0.29, 0.717) is 13.2 Å². The van der Waals surface area contributed by atoms with Gasteiger partial charge in [0.15, 0.2) is 5.76 Å². The predicted molar refractivity (Wildman–Crippen MR) is 105 cm³/mol. The number of anilines is 1. The maximum absolute atomic E-state index is 12.5. The number of sulfonamides is 1. The van der Waals surface area contributed by atoms with Crippen LogP contribution >= 0.6 is 0 Å². The Kier molecular flexibility index (Phi) is 6.50. The molecule has 1 saturated heterocycles. The molecule has 1 aliphatic rings. The number of hydrogen-bond donors (Lipinski definition) is 2. The lowest BCUT2D eigenvalue weighted by atomic mass is 10.2. The fraction of sp³-hybridized carbons (Fsp3) is 0.500. The van der Waals surface area contributed by atoms with Crippen LogP contribution in [0.4, 0.5) is 5.82 Å². The van der Waals surface area contributed by atoms with Crippen LogP contribution in [0.15, 0.2) is 27.7 Å². The van der Waals surface area contributed by atoms with Crippen LogP contribution in [0.2, 0.25) is 0 Å². The second-order valence-corrected chi connectivity index (χ2v) is 8.49. The van der Waals surface area contributed by atoms with Gasteiger partial charge in [-0.2, -0.15) is 4.72 Å². The van der Waals surface area contributed by atoms with Gasteiger partial charge in [-0.15, -0.1) is 0 Å². The molecule has 2 aromatic rings. The number of pyridine rings is 1. The molecule has 3 heterocycles. The van der Waals surface area contributed by atoms with Crippen LogP contribution in [0.25, 0.3) is 0 Å². The van der Waals surface area contributed by atoms with Gasteiger partial charge in [-0.25, -0.2) is 13.4 Å². The van der Waals surface area contributed by atoms with Crippen molar-refractivity contribution in [3.8, 4) is 0 Å². The first-order chi connectivity index (χ1) is 13.8. The summed E-state index contributed by atoms with van der Waals surface area (Å²) in [5, 5.41) is 6.39. The first-order valence-corrected chi connectivity index (χ1v) is 10.8. The maximum Gasteiger partial charge on any atom is 0.246 e. The predicted octanol–water partition coefficient (Wildman–Crippen LogP) is 0.506. The fourth-order valence-corrected chi connectivity index (χ4v) is 4.61. The van der Waals surface area contributed by atoms with E-state index in [9.17, 15) is 13.2 Å². The highest BCUT2D eigenvalue weighted by molar-refractivity contribution is 7.89. The van der Waals surface area contributed by atoms with Gasteiger partial charge in [-0.3, -0.25) is 4.79 Å². The number of ether oxygens (including phenoxy) is 1. The van der Waals surface area contributed by atoms with Gasteiger partial charge in [-0.05, 0) is 38.5 Å². The molecule has 2 N–H and O–H groups in total. The van der Waals surface area contributed by atoms with Gasteiger partial charge in [0, 0.05) is 25.8 Å². The van der Waals surface area contributed by atoms with Gasteiger partial charge in [0.25, 0.3) is 0 Å². The Morgan fingerprint density at radius 3 is 2.69 bits per heavy atom. The lowest BCUT2D eigenvalue weighted by Crippen LogP contribution is -2.44. The zero-order chi connectivity index (χ0) is 21.0. The number of carbonyl (C=O) groups is 1. The number of nitrogens with zero attached hydrogens (tertiary/aromatic N) is 3. The zero-order valence-corrected chi connectivity index (χ0v) is 17.5. The van der Waals surface area contributed by atoms with Gasteiger partial charge in [0.1, 0.15) is 16.4 Å². The number of carbonyl (C=O) groups excluding carboxylic acids is 1. The summed E-state index contributed by atoms with van der Waals surface area (Å²) in [5.74, 6) is 0.562. The fourth-order valence-electron chi connectivity index (χ4n) is 3.08. The molecule has 0 bridgehead atoms. The molecular weight excluding hydrogens is 398 g/mol. The first kappa shape index (κ1) is 21.2. The van der Waals surface area contributed by atoms with Gasteiger partial charge in [-0.1, -0.05) is 5.16 Å². The summed E-state index contributed by atoms with van der Waals surface area (Å²) in [4.78, 5) is 18.9. The van der Waals surface area contributed by atoms with Crippen molar-refractivity contribution in [1.29, 1.82) is 0 Å². The molecule has 0 saturated carbocycles. The molecule has 1 amide bonds. The molecule has 2 aromatic heterocycles. The summed E-state index contributed by atoms with van der Waals surface area (Å²) in [5.41, 5.74) is 1.12. The Labute approximate surface area is 169 Å². The smallest absolute Gasteiger partial charge is 0.246 e. The summed E-state index contributed by atoms with van der Waals surface area (Å²) < 4.78 is 37.7. The largest absolute Gasteiger partial charge is 0.378 e. The molecule has 0 radical (unpaired) electrons. The minimum atomic E-state index is -3.92. The van der Waals surface area contributed by atoms with E-state index in [-0.39, 0.29) is 22.9 Å². The molecule has 1 fully saturated rings. The Bertz CT molecular complexity index is 949. The third-order valence-corrected chi connectivity index (χ3v) is 6.36. The highest BCUT2D eigenvalue weighted by Gasteiger charge is 2.28. The average Bonchev–Trinajstić information content (AvgIpc) is 3.05. The second-order valence-electron chi connectivity index (χ2n) is 6.84. The summed E-state index contributed by atoms with van der Waals surface area (Å²) in [6, 6.07) is 2.75. The summed E-state index contributed by atoms with van der Waals surface area (Å²) in [7, 11) is -3.92. The van der Waals surface area contributed by atoms with Crippen molar-refractivity contribution < 1.29 is 22.5 Å². The first-order valence-electron chi connectivity index (χ1n) is 9.28. The number of morpholine rings is 1. The van der Waals surface area contributed by atoms with Crippen molar-refractivity contribution in [2.24, 2.45) is 0 Å². The number of amides is 1. The van der Waals surface area contributed by atoms with Gasteiger partial charge < -0.3 is 19.5 Å². The van der Waals surface area contributed by atoms with Crippen molar-refractivity contribution in [3.05, 3.63) is 35.3 Å². The molecule has 1 atom stereocenters. The van der Waals surface area contributed by atoms with E-state index in [4.69, 9.17) is 9.26 Å². The number of aryl methyl sites for hydroxylation is 2. The van der Waals surface area contributed by atoms with E-state index in [0.717, 1.165) is 24.5 Å². The topological polar surface area (TPSA) is 127 Å². The van der Waals surface area contributed by atoms with Crippen LogP contribution < -0.4 is 14.9 Å². The van der Waals surface area contributed by atoms with Gasteiger partial charge in [0.2, 0.25) is 15.9 Å². The number of rotatable bonds is 7. The second kappa shape index (κ2) is 8.89. The molecule has 0 spiro atoms. The van der Waals surface area contributed by atoms with E-state index < -0.39 is 22.0 Å². The van der Waals surface area contributed by atoms with Crippen molar-refractivity contribution in [2.75, 3.05) is 31.2 Å². The molecule has 0 unspecified atom stereocenters. The van der Waals surface area contributed by atoms with Crippen LogP contribution in [0, 0.1) is 13.8 Å². The minimum absolute atomic E-state index is 0.0403. The third kappa shape index (κ3) is 5.11. The molecule has 0 aliphatic carbocycles. The lowest BCUT2D eigenvalue weighted by Gasteiger charge is -2.28. The lowest BCUT2D eigenvalue weighted by molar-refractivity contribution is -0.122. The third-order valence-electron chi connectivity index (χ3n) is 4.57. The standard InChI is InChI=1S/C18H25N5O5S/c1-12-17(14(3)28-21-12)29(25,26)22-13(2)18(24)20-11-15-4-5-19-16(10-15)23-6-8-27-9-7-23/h4-5,10,13,22H,6-9,11H2,1-3H3,(H,20,24)/t13-/m0/s1. The average molecular weight is 423 g/mol. The molecule has 29 heavy (non-hydrogen) atoms. The Morgan fingerprint density at radius 2 is 2.03 bits per heavy atom. The van der Waals surface area contributed by atoms with Crippen molar-refractivity contribution in [1.82, 2.24) is 20.2 Å². The highest BCUT2D eigenvalue weighted by atomic mass is 32.2. The zero-order valence-electron chi connectivity index (χ0n) is 16.6. The number of hydrogen-bond acceptors (Lipinski definition) is 8. The highest BCUT2D eigenvalue weighted by Crippen LogP contribution is 2.19. The Morgan fingerprint density at radius 1 is 1.31 bits per heavy atom. The molecule has 0 aromatic carbocycles. The van der Waals surface area contributed by atoms with Crippen LogP contribution in [0.1, 0.15) is 23.9 Å². The summed E-state index contributed by atoms with van der Waals surface area (Å²) >= 11 is 0. The summed E-state index contributed by atoms with van der Waals surface area (Å²) in [6.45, 7) is 7.64. The van der Waals surface area contributed by atoms with E-state index >= 15 is 0 Å². The molecule has 11 heteroatoms. The quantitative estimate of drug-likeness (QED) is 0.659. The Balaban J connectivity index is 1.59. The molecular formula is C18H25N5O5S. The van der Waals surface area contributed by atoms with E-state index in [2.05, 4.69) is 25.1 Å². The van der Waals surface area contributed by atoms with Crippen molar-refractivity contribution in [2.45, 2.75) is 38.3 Å². The number of nitrogens with one attached hydrogen (secondary N) is 2. The molecule has 3 rings (SSSR count). The monoisotopic (exact) mass is 423 g/mol. The van der Waals surface area contributed by atoms with E-state index in [1.165, 1.54) is 20.8 Å². The van der Waals surface area contributed by atoms with Crippen molar-refractivity contribution >= 4 is 21.7 Å². The molecule has 10 nitrogen and oxygen atoms in total. The molecule has 158 valence electrons. The van der Waals surface area contributed by atoms with Crippen LogP contribution in [-0.2, 0) is 26.1 Å². The molecule has 1 aliphatic heterocycles. The maximum atomic E-state index is 12.5. The van der Waals surface area contributed by atoms with Crippen LogP contribution in [0.5, 0.6) is 0 Å². The normalized spacial score (nSPS) is 15.9. The van der Waals surface area contributed by atoms with E-state index in [1.54, 1.807) is 6.20 Å². The van der Waals surface area contributed by atoms with Crippen LogP contribution in [0.3, 0.4) is 0 Å². The number of aromatic nitrogens is 2. The van der Waals surface area contributed by atoms with E-state index in [1.807, 2.05) is 12.1 Å². The Hall–Kier alpha value is -2.50. The SMILES string of the molecule is Cc1noc(C)c1S(=O)(=O)N[C@@H](C)C(=O)NCc1ccnc(N2CCOCC2)c1. The van der Waals surface area contributed by atoms with Crippen molar-refractivity contribution in [3.63, 3.8) is 0 Å². The van der Waals surface area contributed by atoms with Gasteiger partial charge in [0.05, 0.1) is 19.3 Å². The summed E-state index contributed by atoms with van der Waals surface area (Å²) in [6.07, 6.45) is 1.69. The minimum Gasteiger partial charge on any atom is -0.378 e.